The molecule has 0 aliphatic rings. The second-order valence-electron chi connectivity index (χ2n) is 5.79. The third-order valence-electron chi connectivity index (χ3n) is 4.06. The molecular weight excluding hydrogens is 316 g/mol. The third kappa shape index (κ3) is 4.03. The number of amides is 2. The molecule has 0 aliphatic carbocycles. The standard InChI is InChI=1S/C19H20N4O2/c1-23-16-5-3-2-4-15(16)12-17(23)19(25)21-11-8-18(24)22-13-14-6-9-20-10-7-14/h2-7,9-10,12H,8,11,13H2,1H3,(H,21,25)(H,22,24). The van der Waals surface area contributed by atoms with Gasteiger partial charge in [-0.05, 0) is 29.8 Å². The molecule has 3 aromatic rings. The van der Waals surface area contributed by atoms with Crippen molar-refractivity contribution in [1.29, 1.82) is 0 Å². The SMILES string of the molecule is Cn1c(C(=O)NCCC(=O)NCc2ccncc2)cc2ccccc21. The van der Waals surface area contributed by atoms with Crippen LogP contribution in [0.2, 0.25) is 0 Å². The maximum absolute atomic E-state index is 12.3. The number of aromatic nitrogens is 2. The molecule has 6 nitrogen and oxygen atoms in total. The van der Waals surface area contributed by atoms with E-state index in [1.165, 1.54) is 0 Å². The number of pyridine rings is 1. The summed E-state index contributed by atoms with van der Waals surface area (Å²) in [6, 6.07) is 13.4. The minimum atomic E-state index is -0.180. The van der Waals surface area contributed by atoms with Crippen LogP contribution in [-0.2, 0) is 18.4 Å². The van der Waals surface area contributed by atoms with Crippen LogP contribution in [0.5, 0.6) is 0 Å². The fourth-order valence-electron chi connectivity index (χ4n) is 2.68. The van der Waals surface area contributed by atoms with Gasteiger partial charge in [-0.1, -0.05) is 18.2 Å². The van der Waals surface area contributed by atoms with Gasteiger partial charge in [0.2, 0.25) is 5.91 Å². The van der Waals surface area contributed by atoms with Crippen molar-refractivity contribution in [1.82, 2.24) is 20.2 Å². The first kappa shape index (κ1) is 16.7. The normalized spacial score (nSPS) is 10.6. The fraction of sp³-hybridized carbons (Fsp3) is 0.211. The minimum absolute atomic E-state index is 0.103. The number of carbonyl (C=O) groups excluding carboxylic acids is 2. The second kappa shape index (κ2) is 7.61. The highest BCUT2D eigenvalue weighted by molar-refractivity contribution is 5.98. The second-order valence-corrected chi connectivity index (χ2v) is 5.79. The van der Waals surface area contributed by atoms with E-state index in [9.17, 15) is 9.59 Å². The Balaban J connectivity index is 1.48. The summed E-state index contributed by atoms with van der Waals surface area (Å²) in [4.78, 5) is 28.1. The molecule has 128 valence electrons. The topological polar surface area (TPSA) is 76.0 Å². The first-order chi connectivity index (χ1) is 12.1. The monoisotopic (exact) mass is 336 g/mol. The van der Waals surface area contributed by atoms with E-state index >= 15 is 0 Å². The molecule has 2 aromatic heterocycles. The molecule has 0 unspecified atom stereocenters. The molecular formula is C19H20N4O2. The van der Waals surface area contributed by atoms with Crippen LogP contribution in [0.3, 0.4) is 0 Å². The van der Waals surface area contributed by atoms with Gasteiger partial charge in [-0.2, -0.15) is 0 Å². The molecule has 0 radical (unpaired) electrons. The summed E-state index contributed by atoms with van der Waals surface area (Å²) < 4.78 is 1.86. The predicted molar refractivity (Wildman–Crippen MR) is 96.0 cm³/mol. The van der Waals surface area contributed by atoms with E-state index in [1.807, 2.05) is 54.1 Å². The first-order valence-corrected chi connectivity index (χ1v) is 8.13. The van der Waals surface area contributed by atoms with Gasteiger partial charge < -0.3 is 15.2 Å². The number of rotatable bonds is 6. The number of hydrogen-bond acceptors (Lipinski definition) is 3. The van der Waals surface area contributed by atoms with Gasteiger partial charge in [0.05, 0.1) is 0 Å². The van der Waals surface area contributed by atoms with Crippen LogP contribution in [0.25, 0.3) is 10.9 Å². The Kier molecular flexibility index (Phi) is 5.09. The largest absolute Gasteiger partial charge is 0.352 e. The number of para-hydroxylation sites is 1. The Bertz CT molecular complexity index is 887. The van der Waals surface area contributed by atoms with E-state index in [0.717, 1.165) is 16.5 Å². The molecule has 0 atom stereocenters. The number of carbonyl (C=O) groups is 2. The maximum atomic E-state index is 12.3. The van der Waals surface area contributed by atoms with Crippen molar-refractivity contribution in [3.8, 4) is 0 Å². The highest BCUT2D eigenvalue weighted by Crippen LogP contribution is 2.18. The summed E-state index contributed by atoms with van der Waals surface area (Å²) in [5, 5.41) is 6.64. The van der Waals surface area contributed by atoms with E-state index in [2.05, 4.69) is 15.6 Å². The smallest absolute Gasteiger partial charge is 0.267 e. The number of hydrogen-bond donors (Lipinski definition) is 2. The molecule has 0 aliphatic heterocycles. The molecule has 2 heterocycles. The summed E-state index contributed by atoms with van der Waals surface area (Å²) in [5.41, 5.74) is 2.57. The number of aryl methyl sites for hydroxylation is 1. The number of nitrogens with one attached hydrogen (secondary N) is 2. The van der Waals surface area contributed by atoms with Crippen LogP contribution in [0.4, 0.5) is 0 Å². The fourth-order valence-corrected chi connectivity index (χ4v) is 2.68. The Hall–Kier alpha value is -3.15. The van der Waals surface area contributed by atoms with Gasteiger partial charge in [-0.3, -0.25) is 14.6 Å². The Morgan fingerprint density at radius 2 is 1.84 bits per heavy atom. The molecule has 1 aromatic carbocycles. The molecule has 25 heavy (non-hydrogen) atoms. The molecule has 2 amide bonds. The van der Waals surface area contributed by atoms with Crippen LogP contribution in [0.1, 0.15) is 22.5 Å². The highest BCUT2D eigenvalue weighted by Gasteiger charge is 2.13. The van der Waals surface area contributed by atoms with Crippen molar-refractivity contribution in [2.24, 2.45) is 7.05 Å². The molecule has 0 bridgehead atoms. The zero-order valence-corrected chi connectivity index (χ0v) is 14.0. The molecule has 0 fully saturated rings. The molecule has 0 spiro atoms. The Morgan fingerprint density at radius 3 is 2.60 bits per heavy atom. The summed E-state index contributed by atoms with van der Waals surface area (Å²) in [7, 11) is 1.86. The molecule has 0 saturated carbocycles. The van der Waals surface area contributed by atoms with Crippen molar-refractivity contribution in [3.05, 3.63) is 66.1 Å². The average Bonchev–Trinajstić information content (AvgIpc) is 2.98. The van der Waals surface area contributed by atoms with E-state index < -0.39 is 0 Å². The van der Waals surface area contributed by atoms with E-state index in [0.29, 0.717) is 18.8 Å². The zero-order chi connectivity index (χ0) is 17.6. The molecule has 0 saturated heterocycles. The first-order valence-electron chi connectivity index (χ1n) is 8.13. The minimum Gasteiger partial charge on any atom is -0.352 e. The molecule has 6 heteroatoms. The number of benzene rings is 1. The lowest BCUT2D eigenvalue weighted by Gasteiger charge is -2.07. The Morgan fingerprint density at radius 1 is 1.08 bits per heavy atom. The lowest BCUT2D eigenvalue weighted by molar-refractivity contribution is -0.121. The van der Waals surface area contributed by atoms with E-state index in [-0.39, 0.29) is 18.2 Å². The highest BCUT2D eigenvalue weighted by atomic mass is 16.2. The van der Waals surface area contributed by atoms with E-state index in [4.69, 9.17) is 0 Å². The summed E-state index contributed by atoms with van der Waals surface area (Å²) in [5.74, 6) is -0.283. The van der Waals surface area contributed by atoms with Crippen LogP contribution >= 0.6 is 0 Å². The molecule has 2 N–H and O–H groups in total. The van der Waals surface area contributed by atoms with Crippen LogP contribution in [0.15, 0.2) is 54.9 Å². The van der Waals surface area contributed by atoms with E-state index in [1.54, 1.807) is 12.4 Å². The van der Waals surface area contributed by atoms with Gasteiger partial charge in [-0.25, -0.2) is 0 Å². The summed E-state index contributed by atoms with van der Waals surface area (Å²) >= 11 is 0. The Labute approximate surface area is 145 Å². The number of fused-ring (bicyclic) bond motifs is 1. The number of nitrogens with zero attached hydrogens (tertiary/aromatic N) is 2. The lowest BCUT2D eigenvalue weighted by atomic mass is 10.2. The summed E-state index contributed by atoms with van der Waals surface area (Å²) in [6.45, 7) is 0.751. The van der Waals surface area contributed by atoms with Crippen molar-refractivity contribution >= 4 is 22.7 Å². The quantitative estimate of drug-likeness (QED) is 0.723. The zero-order valence-electron chi connectivity index (χ0n) is 14.0. The van der Waals surface area contributed by atoms with Crippen molar-refractivity contribution < 1.29 is 9.59 Å². The maximum Gasteiger partial charge on any atom is 0.267 e. The predicted octanol–water partition coefficient (Wildman–Crippen LogP) is 2.01. The van der Waals surface area contributed by atoms with Crippen LogP contribution in [0, 0.1) is 0 Å². The van der Waals surface area contributed by atoms with Gasteiger partial charge in [0.1, 0.15) is 5.69 Å². The summed E-state index contributed by atoms with van der Waals surface area (Å²) in [6.07, 6.45) is 3.61. The van der Waals surface area contributed by atoms with Crippen LogP contribution < -0.4 is 10.6 Å². The van der Waals surface area contributed by atoms with Crippen molar-refractivity contribution in [2.45, 2.75) is 13.0 Å². The van der Waals surface area contributed by atoms with Gasteiger partial charge >= 0.3 is 0 Å². The van der Waals surface area contributed by atoms with Crippen molar-refractivity contribution in [3.63, 3.8) is 0 Å². The van der Waals surface area contributed by atoms with Gasteiger partial charge in [-0.15, -0.1) is 0 Å². The molecule has 3 rings (SSSR count). The van der Waals surface area contributed by atoms with Crippen LogP contribution in [-0.4, -0.2) is 27.9 Å². The van der Waals surface area contributed by atoms with Gasteiger partial charge in [0.25, 0.3) is 5.91 Å². The van der Waals surface area contributed by atoms with Gasteiger partial charge in [0.15, 0.2) is 0 Å². The lowest BCUT2D eigenvalue weighted by Crippen LogP contribution is -2.31. The van der Waals surface area contributed by atoms with Gasteiger partial charge in [0, 0.05) is 49.9 Å². The average molecular weight is 336 g/mol. The van der Waals surface area contributed by atoms with Crippen molar-refractivity contribution in [2.75, 3.05) is 6.54 Å². The third-order valence-corrected chi connectivity index (χ3v) is 4.06.